The molecule has 1 atom stereocenters. The third-order valence-electron chi connectivity index (χ3n) is 5.31. The third kappa shape index (κ3) is 2.86. The van der Waals surface area contributed by atoms with Crippen LogP contribution in [-0.4, -0.2) is 36.7 Å². The second-order valence-electron chi connectivity index (χ2n) is 6.64. The molecule has 0 aliphatic carbocycles. The molecule has 4 heteroatoms. The Bertz CT molecular complexity index is 744. The quantitative estimate of drug-likeness (QED) is 0.868. The molecule has 1 aromatic carbocycles. The van der Waals surface area contributed by atoms with Gasteiger partial charge in [0, 0.05) is 43.7 Å². The van der Waals surface area contributed by atoms with Crippen LogP contribution in [0.15, 0.2) is 30.3 Å². The fourth-order valence-corrected chi connectivity index (χ4v) is 3.73. The van der Waals surface area contributed by atoms with Gasteiger partial charge < -0.3 is 9.47 Å². The van der Waals surface area contributed by atoms with Crippen molar-refractivity contribution in [1.29, 1.82) is 0 Å². The predicted molar refractivity (Wildman–Crippen MR) is 93.8 cm³/mol. The summed E-state index contributed by atoms with van der Waals surface area (Å²) in [4.78, 5) is 7.18. The Morgan fingerprint density at radius 3 is 2.79 bits per heavy atom. The Balaban J connectivity index is 1.51. The molecule has 24 heavy (non-hydrogen) atoms. The van der Waals surface area contributed by atoms with Gasteiger partial charge in [-0.25, -0.2) is 4.98 Å². The van der Waals surface area contributed by atoms with Gasteiger partial charge in [0.05, 0.1) is 13.7 Å². The summed E-state index contributed by atoms with van der Waals surface area (Å²) in [7, 11) is 1.68. The van der Waals surface area contributed by atoms with E-state index in [0.29, 0.717) is 11.9 Å². The fourth-order valence-electron chi connectivity index (χ4n) is 3.73. The van der Waals surface area contributed by atoms with Crippen LogP contribution in [0.25, 0.3) is 0 Å². The highest BCUT2D eigenvalue weighted by atomic mass is 16.5. The molecule has 2 aliphatic heterocycles. The summed E-state index contributed by atoms with van der Waals surface area (Å²) in [6, 6.07) is 11.2. The maximum atomic E-state index is 5.74. The fraction of sp³-hybridized carbons (Fsp3) is 0.450. The minimum Gasteiger partial charge on any atom is -0.493 e. The number of pyridine rings is 1. The first-order chi connectivity index (χ1) is 11.7. The van der Waals surface area contributed by atoms with Crippen LogP contribution < -0.4 is 9.47 Å². The van der Waals surface area contributed by atoms with E-state index in [4.69, 9.17) is 9.47 Å². The van der Waals surface area contributed by atoms with E-state index in [0.717, 1.165) is 44.7 Å². The molecule has 0 saturated heterocycles. The molecular formula is C20H24N2O2. The number of fused-ring (bicyclic) bond motifs is 2. The maximum Gasteiger partial charge on any atom is 0.213 e. The molecule has 0 fully saturated rings. The van der Waals surface area contributed by atoms with Crippen molar-refractivity contribution in [2.45, 2.75) is 32.2 Å². The highest BCUT2D eigenvalue weighted by Gasteiger charge is 2.22. The lowest BCUT2D eigenvalue weighted by molar-refractivity contribution is 0.220. The average molecular weight is 324 g/mol. The summed E-state index contributed by atoms with van der Waals surface area (Å²) in [6.45, 7) is 5.19. The molecule has 4 nitrogen and oxygen atoms in total. The van der Waals surface area contributed by atoms with Gasteiger partial charge in [-0.3, -0.25) is 4.90 Å². The van der Waals surface area contributed by atoms with Gasteiger partial charge in [-0.1, -0.05) is 18.2 Å². The van der Waals surface area contributed by atoms with Gasteiger partial charge >= 0.3 is 0 Å². The van der Waals surface area contributed by atoms with Crippen LogP contribution in [0.3, 0.4) is 0 Å². The standard InChI is InChI=1S/C20H24N2O2/c1-14(17-4-3-16-9-12-24-19(16)13-17)22-10-7-15-5-6-20(23-2)21-18(15)8-11-22/h3-6,13-14H,7-12H2,1-2H3. The summed E-state index contributed by atoms with van der Waals surface area (Å²) in [5.74, 6) is 1.79. The lowest BCUT2D eigenvalue weighted by Gasteiger charge is -2.28. The zero-order valence-corrected chi connectivity index (χ0v) is 14.4. The molecule has 0 bridgehead atoms. The minimum atomic E-state index is 0.385. The number of nitrogens with zero attached hydrogens (tertiary/aromatic N) is 2. The maximum absolute atomic E-state index is 5.74. The highest BCUT2D eigenvalue weighted by Crippen LogP contribution is 2.31. The molecule has 3 heterocycles. The average Bonchev–Trinajstić information content (AvgIpc) is 2.99. The molecule has 0 saturated carbocycles. The number of hydrogen-bond donors (Lipinski definition) is 0. The molecular weight excluding hydrogens is 300 g/mol. The van der Waals surface area contributed by atoms with Crippen molar-refractivity contribution in [2.24, 2.45) is 0 Å². The second kappa shape index (κ2) is 6.44. The van der Waals surface area contributed by atoms with E-state index in [1.807, 2.05) is 6.07 Å². The van der Waals surface area contributed by atoms with Crippen LogP contribution in [0.5, 0.6) is 11.6 Å². The summed E-state index contributed by atoms with van der Waals surface area (Å²) in [5.41, 5.74) is 5.21. The smallest absolute Gasteiger partial charge is 0.213 e. The predicted octanol–water partition coefficient (Wildman–Crippen LogP) is 3.19. The first-order valence-electron chi connectivity index (χ1n) is 8.77. The van der Waals surface area contributed by atoms with Crippen molar-refractivity contribution in [3.05, 3.63) is 52.7 Å². The molecule has 2 aromatic rings. The molecule has 2 aliphatic rings. The van der Waals surface area contributed by atoms with Gasteiger partial charge in [0.25, 0.3) is 0 Å². The van der Waals surface area contributed by atoms with E-state index >= 15 is 0 Å². The number of aromatic nitrogens is 1. The Kier molecular flexibility index (Phi) is 4.15. The Labute approximate surface area is 143 Å². The number of hydrogen-bond acceptors (Lipinski definition) is 4. The number of methoxy groups -OCH3 is 1. The van der Waals surface area contributed by atoms with Crippen molar-refractivity contribution >= 4 is 0 Å². The zero-order chi connectivity index (χ0) is 16.5. The molecule has 126 valence electrons. The zero-order valence-electron chi connectivity index (χ0n) is 14.4. The number of rotatable bonds is 3. The number of ether oxygens (including phenoxy) is 2. The summed E-state index contributed by atoms with van der Waals surface area (Å²) < 4.78 is 11.0. The van der Waals surface area contributed by atoms with Crippen LogP contribution in [0.1, 0.15) is 35.3 Å². The van der Waals surface area contributed by atoms with Gasteiger partial charge in [0.15, 0.2) is 0 Å². The van der Waals surface area contributed by atoms with Crippen molar-refractivity contribution in [2.75, 3.05) is 26.8 Å². The van der Waals surface area contributed by atoms with Crippen LogP contribution in [0.4, 0.5) is 0 Å². The van der Waals surface area contributed by atoms with E-state index in [1.54, 1.807) is 7.11 Å². The molecule has 0 spiro atoms. The first-order valence-corrected chi connectivity index (χ1v) is 8.77. The van der Waals surface area contributed by atoms with Crippen LogP contribution >= 0.6 is 0 Å². The van der Waals surface area contributed by atoms with Crippen molar-refractivity contribution in [3.8, 4) is 11.6 Å². The topological polar surface area (TPSA) is 34.6 Å². The molecule has 0 N–H and O–H groups in total. The van der Waals surface area contributed by atoms with Crippen molar-refractivity contribution in [1.82, 2.24) is 9.88 Å². The minimum absolute atomic E-state index is 0.385. The third-order valence-corrected chi connectivity index (χ3v) is 5.31. The SMILES string of the molecule is COc1ccc2c(n1)CCN(C(C)c1ccc3c(c1)OCC3)CC2. The second-order valence-corrected chi connectivity index (χ2v) is 6.64. The molecule has 0 amide bonds. The van der Waals surface area contributed by atoms with Crippen LogP contribution in [-0.2, 0) is 19.3 Å². The van der Waals surface area contributed by atoms with Gasteiger partial charge in [-0.15, -0.1) is 0 Å². The van der Waals surface area contributed by atoms with E-state index in [9.17, 15) is 0 Å². The lowest BCUT2D eigenvalue weighted by Crippen LogP contribution is -2.29. The van der Waals surface area contributed by atoms with Gasteiger partial charge in [0.1, 0.15) is 5.75 Å². The van der Waals surface area contributed by atoms with Gasteiger partial charge in [-0.2, -0.15) is 0 Å². The Morgan fingerprint density at radius 2 is 1.92 bits per heavy atom. The van der Waals surface area contributed by atoms with E-state index in [2.05, 4.69) is 41.1 Å². The van der Waals surface area contributed by atoms with E-state index in [1.165, 1.54) is 22.4 Å². The molecule has 0 radical (unpaired) electrons. The van der Waals surface area contributed by atoms with Gasteiger partial charge in [0.2, 0.25) is 5.88 Å². The van der Waals surface area contributed by atoms with Crippen LogP contribution in [0, 0.1) is 0 Å². The Morgan fingerprint density at radius 1 is 1.08 bits per heavy atom. The molecule has 1 aromatic heterocycles. The molecule has 1 unspecified atom stereocenters. The van der Waals surface area contributed by atoms with Gasteiger partial charge in [-0.05, 0) is 36.1 Å². The Hall–Kier alpha value is -2.07. The van der Waals surface area contributed by atoms with Crippen molar-refractivity contribution in [3.63, 3.8) is 0 Å². The van der Waals surface area contributed by atoms with E-state index < -0.39 is 0 Å². The van der Waals surface area contributed by atoms with Crippen molar-refractivity contribution < 1.29 is 9.47 Å². The van der Waals surface area contributed by atoms with Crippen LogP contribution in [0.2, 0.25) is 0 Å². The summed E-state index contributed by atoms with van der Waals surface area (Å²) in [5, 5.41) is 0. The highest BCUT2D eigenvalue weighted by molar-refractivity contribution is 5.41. The number of benzene rings is 1. The van der Waals surface area contributed by atoms with E-state index in [-0.39, 0.29) is 0 Å². The largest absolute Gasteiger partial charge is 0.493 e. The summed E-state index contributed by atoms with van der Waals surface area (Å²) >= 11 is 0. The first kappa shape index (κ1) is 15.5. The summed E-state index contributed by atoms with van der Waals surface area (Å²) in [6.07, 6.45) is 3.05. The molecule has 4 rings (SSSR count). The normalized spacial score (nSPS) is 18.2. The lowest BCUT2D eigenvalue weighted by atomic mass is 10.0. The monoisotopic (exact) mass is 324 g/mol.